The van der Waals surface area contributed by atoms with Gasteiger partial charge in [0.05, 0.1) is 16.7 Å². The van der Waals surface area contributed by atoms with Crippen molar-refractivity contribution in [2.75, 3.05) is 4.72 Å². The van der Waals surface area contributed by atoms with E-state index in [2.05, 4.69) is 25.9 Å². The predicted molar refractivity (Wildman–Crippen MR) is 146 cm³/mol. The lowest BCUT2D eigenvalue weighted by Crippen LogP contribution is -2.30. The average molecular weight is 637 g/mol. The number of carboxylic acids is 1. The third kappa shape index (κ3) is 5.04. The summed E-state index contributed by atoms with van der Waals surface area (Å²) in [6.07, 6.45) is 1.45. The van der Waals surface area contributed by atoms with Gasteiger partial charge in [-0.3, -0.25) is 4.72 Å². The number of halogens is 4. The maximum atomic E-state index is 13.0. The van der Waals surface area contributed by atoms with Crippen LogP contribution in [0.2, 0.25) is 0 Å². The normalized spacial score (nSPS) is 12.3. The van der Waals surface area contributed by atoms with Crippen LogP contribution in [0.5, 0.6) is 0 Å². The summed E-state index contributed by atoms with van der Waals surface area (Å²) in [6.45, 7) is 2.31. The zero-order valence-corrected chi connectivity index (χ0v) is 23.1. The van der Waals surface area contributed by atoms with Crippen molar-refractivity contribution in [2.24, 2.45) is 0 Å². The van der Waals surface area contributed by atoms with E-state index in [1.165, 1.54) is 24.3 Å². The third-order valence-electron chi connectivity index (χ3n) is 6.12. The summed E-state index contributed by atoms with van der Waals surface area (Å²) >= 11 is 3.47. The van der Waals surface area contributed by atoms with E-state index in [1.807, 2.05) is 17.6 Å². The topological polar surface area (TPSA) is 127 Å². The van der Waals surface area contributed by atoms with Gasteiger partial charge in [-0.1, -0.05) is 25.1 Å². The van der Waals surface area contributed by atoms with Crippen LogP contribution in [0.25, 0.3) is 33.5 Å². The summed E-state index contributed by atoms with van der Waals surface area (Å²) in [5.74, 6) is -0.272. The molecule has 0 aliphatic rings. The number of aromatic carboxylic acids is 1. The molecule has 0 saturated heterocycles. The predicted octanol–water partition coefficient (Wildman–Crippen LogP) is 6.57. The summed E-state index contributed by atoms with van der Waals surface area (Å²) in [6, 6.07) is 13.9. The minimum atomic E-state index is -5.65. The van der Waals surface area contributed by atoms with Gasteiger partial charge in [-0.25, -0.2) is 14.8 Å². The number of aromatic nitrogens is 3. The lowest BCUT2D eigenvalue weighted by Gasteiger charge is -2.13. The second-order valence-corrected chi connectivity index (χ2v) is 11.3. The molecule has 0 unspecified atom stereocenters. The van der Waals surface area contributed by atoms with Gasteiger partial charge in [-0.05, 0) is 64.3 Å². The highest BCUT2D eigenvalue weighted by Crippen LogP contribution is 2.42. The lowest BCUT2D eigenvalue weighted by molar-refractivity contribution is -0.0429. The Labute approximate surface area is 233 Å². The molecule has 0 spiro atoms. The Bertz CT molecular complexity index is 1880. The number of furan rings is 1. The summed E-state index contributed by atoms with van der Waals surface area (Å²) in [4.78, 5) is 20.4. The van der Waals surface area contributed by atoms with E-state index in [-0.39, 0.29) is 22.7 Å². The molecular formula is C26H20BrF3N4O5S. The number of aryl methyl sites for hydroxylation is 1. The van der Waals surface area contributed by atoms with Gasteiger partial charge in [0.15, 0.2) is 17.1 Å². The minimum absolute atomic E-state index is 0.103. The van der Waals surface area contributed by atoms with Crippen molar-refractivity contribution in [1.29, 1.82) is 0 Å². The number of alkyl halides is 3. The minimum Gasteiger partial charge on any atom is -0.477 e. The molecule has 0 saturated carbocycles. The zero-order chi connectivity index (χ0) is 28.8. The van der Waals surface area contributed by atoms with Gasteiger partial charge in [-0.2, -0.15) is 21.6 Å². The molecule has 40 heavy (non-hydrogen) atoms. The number of nitrogens with one attached hydrogen (secondary N) is 1. The van der Waals surface area contributed by atoms with E-state index in [9.17, 15) is 31.5 Å². The standard InChI is InChI=1S/C26H20BrF3N4O5S/c1-2-5-21-31-18-9-10-19(25(35)36)32-24(18)34(21)13-14-8-11-20-16(12-14)22(27)23(39-20)15-6-3-4-7-17(15)33-40(37,38)26(28,29)30/h3-4,6-12,33H,2,5,13H2,1H3,(H,35,36). The first kappa shape index (κ1) is 27.6. The van der Waals surface area contributed by atoms with Crippen LogP contribution in [0, 0.1) is 0 Å². The third-order valence-corrected chi connectivity index (χ3v) is 8.00. The summed E-state index contributed by atoms with van der Waals surface area (Å²) in [5.41, 5.74) is -3.57. The number of rotatable bonds is 8. The Kier molecular flexibility index (Phi) is 7.08. The van der Waals surface area contributed by atoms with Crippen LogP contribution in [0.4, 0.5) is 18.9 Å². The number of fused-ring (bicyclic) bond motifs is 2. The monoisotopic (exact) mass is 636 g/mol. The van der Waals surface area contributed by atoms with Gasteiger partial charge in [0.2, 0.25) is 0 Å². The molecule has 9 nitrogen and oxygen atoms in total. The number of benzene rings is 2. The Balaban J connectivity index is 1.56. The SMILES string of the molecule is CCCc1nc2ccc(C(=O)O)nc2n1Cc1ccc2oc(-c3ccccc3NS(=O)(=O)C(F)(F)F)c(Br)c2c1. The molecule has 0 aliphatic carbocycles. The van der Waals surface area contributed by atoms with E-state index in [0.29, 0.717) is 39.6 Å². The number of hydrogen-bond donors (Lipinski definition) is 2. The fourth-order valence-corrected chi connectivity index (χ4v) is 5.48. The van der Waals surface area contributed by atoms with Crippen molar-refractivity contribution >= 4 is 59.7 Å². The first-order chi connectivity index (χ1) is 18.9. The van der Waals surface area contributed by atoms with E-state index < -0.39 is 21.5 Å². The molecule has 0 aliphatic heterocycles. The first-order valence-corrected chi connectivity index (χ1v) is 14.2. The number of pyridine rings is 1. The van der Waals surface area contributed by atoms with Crippen molar-refractivity contribution in [2.45, 2.75) is 31.8 Å². The van der Waals surface area contributed by atoms with Crippen LogP contribution in [-0.2, 0) is 23.0 Å². The quantitative estimate of drug-likeness (QED) is 0.197. The molecule has 0 atom stereocenters. The van der Waals surface area contributed by atoms with Crippen molar-refractivity contribution in [1.82, 2.24) is 14.5 Å². The van der Waals surface area contributed by atoms with E-state index >= 15 is 0 Å². The molecule has 208 valence electrons. The Morgan fingerprint density at radius 3 is 2.58 bits per heavy atom. The number of imidazole rings is 1. The highest BCUT2D eigenvalue weighted by molar-refractivity contribution is 9.10. The van der Waals surface area contributed by atoms with E-state index in [4.69, 9.17) is 4.42 Å². The molecule has 14 heteroatoms. The molecule has 3 heterocycles. The fourth-order valence-electron chi connectivity index (χ4n) is 4.29. The Morgan fingerprint density at radius 2 is 1.88 bits per heavy atom. The summed E-state index contributed by atoms with van der Waals surface area (Å²) in [5, 5.41) is 10.00. The zero-order valence-electron chi connectivity index (χ0n) is 20.7. The number of hydrogen-bond acceptors (Lipinski definition) is 6. The van der Waals surface area contributed by atoms with E-state index in [0.717, 1.165) is 17.8 Å². The van der Waals surface area contributed by atoms with Gasteiger partial charge in [0.25, 0.3) is 0 Å². The average Bonchev–Trinajstić information content (AvgIpc) is 3.40. The molecule has 2 N–H and O–H groups in total. The number of sulfonamides is 1. The highest BCUT2D eigenvalue weighted by Gasteiger charge is 2.46. The maximum absolute atomic E-state index is 13.0. The molecule has 0 bridgehead atoms. The Hall–Kier alpha value is -3.91. The lowest BCUT2D eigenvalue weighted by atomic mass is 10.1. The number of anilines is 1. The largest absolute Gasteiger partial charge is 0.516 e. The number of carbonyl (C=O) groups is 1. The van der Waals surface area contributed by atoms with Crippen LogP contribution in [0.1, 0.15) is 35.2 Å². The second-order valence-electron chi connectivity index (χ2n) is 8.88. The molecule has 0 radical (unpaired) electrons. The number of para-hydroxylation sites is 1. The molecule has 2 aromatic carbocycles. The van der Waals surface area contributed by atoms with Crippen molar-refractivity contribution in [3.63, 3.8) is 0 Å². The summed E-state index contributed by atoms with van der Waals surface area (Å²) < 4.78 is 72.3. The van der Waals surface area contributed by atoms with Crippen molar-refractivity contribution in [3.8, 4) is 11.3 Å². The van der Waals surface area contributed by atoms with Crippen LogP contribution in [0.3, 0.4) is 0 Å². The summed E-state index contributed by atoms with van der Waals surface area (Å²) in [7, 11) is -5.65. The molecular weight excluding hydrogens is 617 g/mol. The first-order valence-electron chi connectivity index (χ1n) is 11.9. The van der Waals surface area contributed by atoms with E-state index in [1.54, 1.807) is 29.0 Å². The molecule has 3 aromatic heterocycles. The van der Waals surface area contributed by atoms with Gasteiger partial charge >= 0.3 is 21.5 Å². The Morgan fingerprint density at radius 1 is 1.12 bits per heavy atom. The van der Waals surface area contributed by atoms with Crippen molar-refractivity contribution < 1.29 is 35.9 Å². The van der Waals surface area contributed by atoms with Crippen LogP contribution < -0.4 is 4.72 Å². The maximum Gasteiger partial charge on any atom is 0.516 e. The van der Waals surface area contributed by atoms with Gasteiger partial charge < -0.3 is 14.1 Å². The molecule has 0 amide bonds. The van der Waals surface area contributed by atoms with Crippen LogP contribution >= 0.6 is 15.9 Å². The van der Waals surface area contributed by atoms with Gasteiger partial charge in [0.1, 0.15) is 16.9 Å². The highest BCUT2D eigenvalue weighted by atomic mass is 79.9. The molecule has 5 rings (SSSR count). The molecule has 5 aromatic rings. The fraction of sp³-hybridized carbons (Fsp3) is 0.192. The second kappa shape index (κ2) is 10.2. The van der Waals surface area contributed by atoms with Gasteiger partial charge in [0, 0.05) is 17.4 Å². The van der Waals surface area contributed by atoms with Gasteiger partial charge in [-0.15, -0.1) is 0 Å². The van der Waals surface area contributed by atoms with Crippen LogP contribution in [-0.4, -0.2) is 39.5 Å². The number of carboxylic acid groups (broad SMARTS) is 1. The number of nitrogens with zero attached hydrogens (tertiary/aromatic N) is 3. The smallest absolute Gasteiger partial charge is 0.477 e. The van der Waals surface area contributed by atoms with Crippen molar-refractivity contribution in [3.05, 3.63) is 76.2 Å². The molecule has 0 fully saturated rings. The van der Waals surface area contributed by atoms with Crippen LogP contribution in [0.15, 0.2) is 63.5 Å².